The van der Waals surface area contributed by atoms with Crippen molar-refractivity contribution in [3.63, 3.8) is 0 Å². The minimum atomic E-state index is -0.113. The lowest BCUT2D eigenvalue weighted by Crippen LogP contribution is -2.21. The molecule has 6 heteroatoms. The minimum absolute atomic E-state index is 0.0545. The lowest BCUT2D eigenvalue weighted by molar-refractivity contribution is 0.0955. The Morgan fingerprint density at radius 2 is 2.35 bits per heavy atom. The van der Waals surface area contributed by atoms with Crippen molar-refractivity contribution in [2.24, 2.45) is 0 Å². The van der Waals surface area contributed by atoms with Crippen LogP contribution in [0.5, 0.6) is 0 Å². The second-order valence-electron chi connectivity index (χ2n) is 4.00. The Morgan fingerprint density at radius 1 is 1.50 bits per heavy atom. The van der Waals surface area contributed by atoms with E-state index in [9.17, 15) is 4.79 Å². The van der Waals surface area contributed by atoms with Crippen LogP contribution in [-0.4, -0.2) is 22.6 Å². The van der Waals surface area contributed by atoms with Gasteiger partial charge in [0.15, 0.2) is 0 Å². The number of hydrogen-bond acceptors (Lipinski definition) is 5. The Morgan fingerprint density at radius 3 is 3.05 bits per heavy atom. The SMILES string of the molecule is Cc1csc(CNC(=O)c2ccc(C#CCCO)s2)n1. The van der Waals surface area contributed by atoms with Crippen molar-refractivity contribution in [2.75, 3.05) is 6.61 Å². The van der Waals surface area contributed by atoms with E-state index in [2.05, 4.69) is 22.1 Å². The summed E-state index contributed by atoms with van der Waals surface area (Å²) >= 11 is 2.88. The molecule has 0 unspecified atom stereocenters. The largest absolute Gasteiger partial charge is 0.395 e. The fourth-order valence-corrected chi connectivity index (χ4v) is 2.97. The summed E-state index contributed by atoms with van der Waals surface area (Å²) in [5, 5.41) is 14.3. The second-order valence-corrected chi connectivity index (χ2v) is 6.03. The fourth-order valence-electron chi connectivity index (χ4n) is 1.46. The van der Waals surface area contributed by atoms with Crippen molar-refractivity contribution >= 4 is 28.6 Å². The Kier molecular flexibility index (Phi) is 5.30. The van der Waals surface area contributed by atoms with Gasteiger partial charge in [-0.15, -0.1) is 22.7 Å². The Hall–Kier alpha value is -1.68. The lowest BCUT2D eigenvalue weighted by Gasteiger charge is -1.99. The third-order valence-corrected chi connectivity index (χ3v) is 4.31. The number of aliphatic hydroxyl groups excluding tert-OH is 1. The van der Waals surface area contributed by atoms with Crippen molar-refractivity contribution < 1.29 is 9.90 Å². The number of aryl methyl sites for hydroxylation is 1. The molecule has 2 aromatic rings. The molecular weight excluding hydrogens is 292 g/mol. The molecule has 2 rings (SSSR count). The van der Waals surface area contributed by atoms with E-state index in [1.807, 2.05) is 18.4 Å². The summed E-state index contributed by atoms with van der Waals surface area (Å²) in [6.45, 7) is 2.43. The van der Waals surface area contributed by atoms with E-state index >= 15 is 0 Å². The monoisotopic (exact) mass is 306 g/mol. The van der Waals surface area contributed by atoms with Gasteiger partial charge in [-0.3, -0.25) is 4.79 Å². The molecule has 1 amide bonds. The molecule has 20 heavy (non-hydrogen) atoms. The van der Waals surface area contributed by atoms with Crippen molar-refractivity contribution in [2.45, 2.75) is 19.9 Å². The average molecular weight is 306 g/mol. The summed E-state index contributed by atoms with van der Waals surface area (Å²) in [5.41, 5.74) is 0.969. The van der Waals surface area contributed by atoms with Crippen molar-refractivity contribution in [3.05, 3.63) is 38.0 Å². The van der Waals surface area contributed by atoms with Gasteiger partial charge in [0.1, 0.15) is 5.01 Å². The highest BCUT2D eigenvalue weighted by Crippen LogP contribution is 2.16. The second kappa shape index (κ2) is 7.20. The lowest BCUT2D eigenvalue weighted by atomic mass is 10.4. The van der Waals surface area contributed by atoms with Gasteiger partial charge in [0.05, 0.1) is 22.9 Å². The molecule has 0 radical (unpaired) electrons. The van der Waals surface area contributed by atoms with Gasteiger partial charge in [0.25, 0.3) is 5.91 Å². The number of thiophene rings is 1. The molecule has 0 bridgehead atoms. The van der Waals surface area contributed by atoms with Crippen LogP contribution in [0.2, 0.25) is 0 Å². The quantitative estimate of drug-likeness (QED) is 0.851. The summed E-state index contributed by atoms with van der Waals surface area (Å²) < 4.78 is 0. The first-order valence-electron chi connectivity index (χ1n) is 6.08. The zero-order chi connectivity index (χ0) is 14.4. The number of aromatic nitrogens is 1. The number of thiazole rings is 1. The zero-order valence-electron chi connectivity index (χ0n) is 11.0. The molecule has 0 atom stereocenters. The Labute approximate surface area is 125 Å². The van der Waals surface area contributed by atoms with Gasteiger partial charge in [-0.25, -0.2) is 4.98 Å². The summed E-state index contributed by atoms with van der Waals surface area (Å²) in [7, 11) is 0. The molecule has 0 aliphatic heterocycles. The van der Waals surface area contributed by atoms with Crippen LogP contribution in [0.25, 0.3) is 0 Å². The number of amides is 1. The number of nitrogens with one attached hydrogen (secondary N) is 1. The standard InChI is InChI=1S/C14H14N2O2S2/c1-10-9-19-13(16-10)8-15-14(18)12-6-5-11(20-12)4-2-3-7-17/h5-6,9,17H,3,7-8H2,1H3,(H,15,18). The minimum Gasteiger partial charge on any atom is -0.395 e. The van der Waals surface area contributed by atoms with Gasteiger partial charge in [-0.05, 0) is 19.1 Å². The molecule has 2 N–H and O–H groups in total. The van der Waals surface area contributed by atoms with Crippen LogP contribution >= 0.6 is 22.7 Å². The predicted molar refractivity (Wildman–Crippen MR) is 80.9 cm³/mol. The normalized spacial score (nSPS) is 9.90. The molecule has 0 spiro atoms. The molecule has 104 valence electrons. The molecule has 4 nitrogen and oxygen atoms in total. The molecule has 0 fully saturated rings. The fraction of sp³-hybridized carbons (Fsp3) is 0.286. The number of aliphatic hydroxyl groups is 1. The molecule has 2 heterocycles. The van der Waals surface area contributed by atoms with E-state index in [4.69, 9.17) is 5.11 Å². The van der Waals surface area contributed by atoms with E-state index in [-0.39, 0.29) is 12.5 Å². The maximum atomic E-state index is 12.0. The number of hydrogen-bond donors (Lipinski definition) is 2. The molecule has 2 aromatic heterocycles. The van der Waals surface area contributed by atoms with Gasteiger partial charge in [-0.2, -0.15) is 0 Å². The highest BCUT2D eigenvalue weighted by molar-refractivity contribution is 7.14. The van der Waals surface area contributed by atoms with Crippen LogP contribution in [0.1, 0.15) is 31.7 Å². The molecule has 0 saturated carbocycles. The third-order valence-electron chi connectivity index (χ3n) is 2.34. The zero-order valence-corrected chi connectivity index (χ0v) is 12.6. The predicted octanol–water partition coefficient (Wildman–Crippen LogP) is 2.18. The van der Waals surface area contributed by atoms with Crippen LogP contribution in [0.15, 0.2) is 17.5 Å². The van der Waals surface area contributed by atoms with Crippen molar-refractivity contribution in [1.29, 1.82) is 0 Å². The number of carbonyl (C=O) groups excluding carboxylic acids is 1. The van der Waals surface area contributed by atoms with Crippen LogP contribution in [-0.2, 0) is 6.54 Å². The number of nitrogens with zero attached hydrogens (tertiary/aromatic N) is 1. The van der Waals surface area contributed by atoms with Crippen molar-refractivity contribution in [3.8, 4) is 11.8 Å². The van der Waals surface area contributed by atoms with E-state index in [1.165, 1.54) is 22.7 Å². The summed E-state index contributed by atoms with van der Waals surface area (Å²) in [4.78, 5) is 17.7. The first-order chi connectivity index (χ1) is 9.69. The van der Waals surface area contributed by atoms with E-state index in [0.29, 0.717) is 17.8 Å². The molecule has 0 aliphatic rings. The van der Waals surface area contributed by atoms with Crippen LogP contribution in [0.4, 0.5) is 0 Å². The van der Waals surface area contributed by atoms with Crippen LogP contribution in [0.3, 0.4) is 0 Å². The molecule has 0 saturated heterocycles. The molecular formula is C14H14N2O2S2. The van der Waals surface area contributed by atoms with Crippen molar-refractivity contribution in [1.82, 2.24) is 10.3 Å². The summed E-state index contributed by atoms with van der Waals surface area (Å²) in [5.74, 6) is 5.64. The summed E-state index contributed by atoms with van der Waals surface area (Å²) in [6, 6.07) is 3.58. The Bertz CT molecular complexity index is 649. The first kappa shape index (κ1) is 14.7. The van der Waals surface area contributed by atoms with Gasteiger partial charge < -0.3 is 10.4 Å². The van der Waals surface area contributed by atoms with Crippen LogP contribution in [0, 0.1) is 18.8 Å². The molecule has 0 aliphatic carbocycles. The average Bonchev–Trinajstić information content (AvgIpc) is 3.06. The van der Waals surface area contributed by atoms with Gasteiger partial charge in [-0.1, -0.05) is 11.8 Å². The number of rotatable bonds is 4. The highest BCUT2D eigenvalue weighted by Gasteiger charge is 2.09. The van der Waals surface area contributed by atoms with E-state index in [0.717, 1.165) is 15.6 Å². The van der Waals surface area contributed by atoms with E-state index in [1.54, 1.807) is 6.07 Å². The van der Waals surface area contributed by atoms with Gasteiger partial charge >= 0.3 is 0 Å². The van der Waals surface area contributed by atoms with Gasteiger partial charge in [0.2, 0.25) is 0 Å². The smallest absolute Gasteiger partial charge is 0.261 e. The maximum Gasteiger partial charge on any atom is 0.261 e. The van der Waals surface area contributed by atoms with Crippen LogP contribution < -0.4 is 5.32 Å². The maximum absolute atomic E-state index is 12.0. The Balaban J connectivity index is 1.91. The first-order valence-corrected chi connectivity index (χ1v) is 7.77. The molecule has 0 aromatic carbocycles. The summed E-state index contributed by atoms with van der Waals surface area (Å²) in [6.07, 6.45) is 0.447. The topological polar surface area (TPSA) is 62.2 Å². The number of carbonyl (C=O) groups is 1. The van der Waals surface area contributed by atoms with Gasteiger partial charge in [0, 0.05) is 17.5 Å². The highest BCUT2D eigenvalue weighted by atomic mass is 32.1. The van der Waals surface area contributed by atoms with E-state index < -0.39 is 0 Å². The third kappa shape index (κ3) is 4.17.